The Morgan fingerprint density at radius 2 is 0.517 bits per heavy atom. The molecule has 0 unspecified atom stereocenters. The third-order valence-electron chi connectivity index (χ3n) is 3.44. The summed E-state index contributed by atoms with van der Waals surface area (Å²) in [5, 5.41) is 0. The highest BCUT2D eigenvalue weighted by atomic mass is 19.2. The number of nitrogens with zero attached hydrogens (tertiary/aromatic N) is 3. The van der Waals surface area contributed by atoms with Gasteiger partial charge in [-0.15, -0.1) is 0 Å². The number of rotatable bonds is 2. The molecule has 0 aromatic carbocycles. The SMILES string of the molecule is Fc1nc(-c2nc(-c3nc(F)c(F)c(F)c3F)c(F)c(F)c2F)c(F)c(F)c1F. The van der Waals surface area contributed by atoms with Crippen LogP contribution in [0.1, 0.15) is 0 Å². The van der Waals surface area contributed by atoms with Gasteiger partial charge in [0, 0.05) is 0 Å². The van der Waals surface area contributed by atoms with Crippen LogP contribution >= 0.6 is 0 Å². The summed E-state index contributed by atoms with van der Waals surface area (Å²) in [5.74, 6) is -26.9. The molecule has 0 aliphatic rings. The van der Waals surface area contributed by atoms with Crippen molar-refractivity contribution in [1.82, 2.24) is 15.0 Å². The lowest BCUT2D eigenvalue weighted by Gasteiger charge is -2.11. The van der Waals surface area contributed by atoms with Crippen molar-refractivity contribution in [3.8, 4) is 22.8 Å². The Hall–Kier alpha value is -3.32. The molecule has 0 atom stereocenters. The minimum atomic E-state index is -2.58. The molecule has 0 fully saturated rings. The van der Waals surface area contributed by atoms with Gasteiger partial charge in [0.15, 0.2) is 29.1 Å². The Bertz CT molecular complexity index is 1090. The van der Waals surface area contributed by atoms with Gasteiger partial charge < -0.3 is 0 Å². The van der Waals surface area contributed by atoms with Crippen molar-refractivity contribution in [3.63, 3.8) is 0 Å². The van der Waals surface area contributed by atoms with Gasteiger partial charge in [-0.3, -0.25) is 0 Å². The van der Waals surface area contributed by atoms with Crippen molar-refractivity contribution in [2.45, 2.75) is 0 Å². The second-order valence-electron chi connectivity index (χ2n) is 5.14. The lowest BCUT2D eigenvalue weighted by molar-refractivity contribution is 0.390. The number of hydrogen-bond acceptors (Lipinski definition) is 3. The standard InChI is InChI=1S/C15F11N3/c16-1-4(19)10(12-6(21)2(17)8(23)14(25)28-12)27-11(5(1)20)13-7(22)3(18)9(24)15(26)29-13. The van der Waals surface area contributed by atoms with Crippen molar-refractivity contribution in [1.29, 1.82) is 0 Å². The zero-order valence-electron chi connectivity index (χ0n) is 13.0. The van der Waals surface area contributed by atoms with E-state index in [1.165, 1.54) is 0 Å². The summed E-state index contributed by atoms with van der Waals surface area (Å²) in [6, 6.07) is 0. The highest BCUT2D eigenvalue weighted by Gasteiger charge is 2.32. The quantitative estimate of drug-likeness (QED) is 0.435. The second-order valence-corrected chi connectivity index (χ2v) is 5.14. The molecule has 0 saturated carbocycles. The lowest BCUT2D eigenvalue weighted by atomic mass is 10.1. The molecule has 152 valence electrons. The van der Waals surface area contributed by atoms with Gasteiger partial charge in [0.2, 0.25) is 23.3 Å². The van der Waals surface area contributed by atoms with Crippen molar-refractivity contribution < 1.29 is 48.3 Å². The van der Waals surface area contributed by atoms with Gasteiger partial charge in [0.05, 0.1) is 0 Å². The normalized spacial score (nSPS) is 11.3. The van der Waals surface area contributed by atoms with E-state index in [9.17, 15) is 48.3 Å². The highest BCUT2D eigenvalue weighted by Crippen LogP contribution is 2.33. The first-order valence-electron chi connectivity index (χ1n) is 6.92. The molecule has 0 saturated heterocycles. The van der Waals surface area contributed by atoms with E-state index in [-0.39, 0.29) is 0 Å². The maximum Gasteiger partial charge on any atom is 0.252 e. The first-order chi connectivity index (χ1) is 13.5. The molecule has 3 rings (SSSR count). The summed E-state index contributed by atoms with van der Waals surface area (Å²) in [6.07, 6.45) is 0. The van der Waals surface area contributed by atoms with Crippen LogP contribution in [-0.2, 0) is 0 Å². The van der Waals surface area contributed by atoms with Crippen LogP contribution in [0.15, 0.2) is 0 Å². The van der Waals surface area contributed by atoms with Gasteiger partial charge in [-0.2, -0.15) is 17.6 Å². The predicted octanol–water partition coefficient (Wildman–Crippen LogP) is 4.74. The summed E-state index contributed by atoms with van der Waals surface area (Å²) >= 11 is 0. The maximum atomic E-state index is 14.0. The van der Waals surface area contributed by atoms with Crippen molar-refractivity contribution in [3.05, 3.63) is 64.3 Å². The molecule has 14 heteroatoms. The average Bonchev–Trinajstić information content (AvgIpc) is 2.69. The van der Waals surface area contributed by atoms with Crippen molar-refractivity contribution in [2.75, 3.05) is 0 Å². The molecule has 0 N–H and O–H groups in total. The highest BCUT2D eigenvalue weighted by molar-refractivity contribution is 5.64. The zero-order valence-corrected chi connectivity index (χ0v) is 13.0. The minimum Gasteiger partial charge on any atom is -0.238 e. The summed E-state index contributed by atoms with van der Waals surface area (Å²) in [6.45, 7) is 0. The summed E-state index contributed by atoms with van der Waals surface area (Å²) in [4.78, 5) is 7.75. The second kappa shape index (κ2) is 6.93. The van der Waals surface area contributed by atoms with E-state index in [2.05, 4.69) is 15.0 Å². The molecule has 0 amide bonds. The summed E-state index contributed by atoms with van der Waals surface area (Å²) < 4.78 is 148. The van der Waals surface area contributed by atoms with E-state index < -0.39 is 87.0 Å². The van der Waals surface area contributed by atoms with E-state index in [0.717, 1.165) is 0 Å². The fourth-order valence-corrected chi connectivity index (χ4v) is 2.12. The first kappa shape index (κ1) is 20.4. The minimum absolute atomic E-state index is 1.83. The molecule has 0 aliphatic carbocycles. The number of hydrogen-bond donors (Lipinski definition) is 0. The molecular formula is C15F11N3. The number of pyridine rings is 3. The smallest absolute Gasteiger partial charge is 0.238 e. The van der Waals surface area contributed by atoms with Crippen LogP contribution in [0.4, 0.5) is 48.3 Å². The topological polar surface area (TPSA) is 38.7 Å². The molecule has 3 nitrogen and oxygen atoms in total. The van der Waals surface area contributed by atoms with E-state index in [1.807, 2.05) is 0 Å². The van der Waals surface area contributed by atoms with Crippen molar-refractivity contribution >= 4 is 0 Å². The lowest BCUT2D eigenvalue weighted by Crippen LogP contribution is -2.11. The summed E-state index contributed by atoms with van der Waals surface area (Å²) in [5.41, 5.74) is -7.33. The molecule has 0 spiro atoms. The van der Waals surface area contributed by atoms with Crippen LogP contribution in [0.2, 0.25) is 0 Å². The average molecular weight is 431 g/mol. The van der Waals surface area contributed by atoms with E-state index in [1.54, 1.807) is 0 Å². The van der Waals surface area contributed by atoms with Crippen LogP contribution in [-0.4, -0.2) is 15.0 Å². The molecule has 29 heavy (non-hydrogen) atoms. The Morgan fingerprint density at radius 3 is 0.828 bits per heavy atom. The van der Waals surface area contributed by atoms with Crippen LogP contribution in [0, 0.1) is 64.3 Å². The van der Waals surface area contributed by atoms with Gasteiger partial charge in [-0.1, -0.05) is 0 Å². The van der Waals surface area contributed by atoms with E-state index in [4.69, 9.17) is 0 Å². The van der Waals surface area contributed by atoms with Gasteiger partial charge in [-0.05, 0) is 0 Å². The predicted molar refractivity (Wildman–Crippen MR) is 70.2 cm³/mol. The van der Waals surface area contributed by atoms with Crippen LogP contribution in [0.25, 0.3) is 22.8 Å². The molecule has 3 aromatic rings. The zero-order chi connectivity index (χ0) is 21.8. The monoisotopic (exact) mass is 431 g/mol. The third-order valence-corrected chi connectivity index (χ3v) is 3.44. The van der Waals surface area contributed by atoms with Gasteiger partial charge >= 0.3 is 0 Å². The van der Waals surface area contributed by atoms with E-state index in [0.29, 0.717) is 0 Å². The Balaban J connectivity index is 2.40. The van der Waals surface area contributed by atoms with Crippen LogP contribution < -0.4 is 0 Å². The number of aromatic nitrogens is 3. The molecule has 0 bridgehead atoms. The maximum absolute atomic E-state index is 14.0. The molecule has 0 radical (unpaired) electrons. The molecule has 3 aromatic heterocycles. The van der Waals surface area contributed by atoms with Crippen LogP contribution in [0.5, 0.6) is 0 Å². The fraction of sp³-hybridized carbons (Fsp3) is 0. The number of halogens is 11. The molecular weight excluding hydrogens is 431 g/mol. The molecule has 3 heterocycles. The largest absolute Gasteiger partial charge is 0.252 e. The van der Waals surface area contributed by atoms with Crippen molar-refractivity contribution in [2.24, 2.45) is 0 Å². The third kappa shape index (κ3) is 3.03. The van der Waals surface area contributed by atoms with Gasteiger partial charge in [0.1, 0.15) is 22.8 Å². The Kier molecular flexibility index (Phi) is 4.88. The van der Waals surface area contributed by atoms with Gasteiger partial charge in [-0.25, -0.2) is 45.7 Å². The summed E-state index contributed by atoms with van der Waals surface area (Å²) in [7, 11) is 0. The Labute approximate surface area is 151 Å². The van der Waals surface area contributed by atoms with E-state index >= 15 is 0 Å². The molecule has 0 aliphatic heterocycles. The van der Waals surface area contributed by atoms with Crippen LogP contribution in [0.3, 0.4) is 0 Å². The Morgan fingerprint density at radius 1 is 0.276 bits per heavy atom. The fourth-order valence-electron chi connectivity index (χ4n) is 2.12. The van der Waals surface area contributed by atoms with Gasteiger partial charge in [0.25, 0.3) is 11.9 Å². The first-order valence-corrected chi connectivity index (χ1v) is 6.92.